The Morgan fingerprint density at radius 2 is 1.84 bits per heavy atom. The van der Waals surface area contributed by atoms with E-state index >= 15 is 0 Å². The lowest BCUT2D eigenvalue weighted by atomic mass is 9.80. The Morgan fingerprint density at radius 3 is 2.60 bits per heavy atom. The van der Waals surface area contributed by atoms with Crippen molar-refractivity contribution in [2.75, 3.05) is 13.2 Å². The maximum Gasteiger partial charge on any atom is 0.302 e. The van der Waals surface area contributed by atoms with Gasteiger partial charge in [-0.15, -0.1) is 0 Å². The average molecular weight is 338 g/mol. The number of carbonyl (C=O) groups is 1. The van der Waals surface area contributed by atoms with Crippen LogP contribution in [0.25, 0.3) is 10.8 Å². The summed E-state index contributed by atoms with van der Waals surface area (Å²) in [5.41, 5.74) is 4.26. The first-order valence-electron chi connectivity index (χ1n) is 9.20. The van der Waals surface area contributed by atoms with Crippen LogP contribution in [0.5, 0.6) is 0 Å². The molecule has 0 radical (unpaired) electrons. The molecule has 3 rings (SSSR count). The topological polar surface area (TPSA) is 29.3 Å². The fourth-order valence-corrected chi connectivity index (χ4v) is 3.89. The molecule has 25 heavy (non-hydrogen) atoms. The van der Waals surface area contributed by atoms with Crippen molar-refractivity contribution in [2.24, 2.45) is 0 Å². The highest BCUT2D eigenvalue weighted by molar-refractivity contribution is 6.01. The average Bonchev–Trinajstić information content (AvgIpc) is 2.78. The molecule has 0 fully saturated rings. The number of esters is 1. The first-order chi connectivity index (χ1) is 11.9. The summed E-state index contributed by atoms with van der Waals surface area (Å²) in [6, 6.07) is 13.2. The molecular weight excluding hydrogens is 310 g/mol. The quantitative estimate of drug-likeness (QED) is 0.423. The largest absolute Gasteiger partial charge is 0.466 e. The summed E-state index contributed by atoms with van der Waals surface area (Å²) >= 11 is 0. The first kappa shape index (κ1) is 17.7. The molecule has 0 atom stereocenters. The first-order valence-corrected chi connectivity index (χ1v) is 9.20. The lowest BCUT2D eigenvalue weighted by Crippen LogP contribution is -2.26. The molecule has 3 heteroatoms. The van der Waals surface area contributed by atoms with Crippen molar-refractivity contribution >= 4 is 28.1 Å². The molecule has 1 heterocycles. The molecule has 0 saturated carbocycles. The van der Waals surface area contributed by atoms with Gasteiger partial charge in [0.05, 0.1) is 12.0 Å². The van der Waals surface area contributed by atoms with Crippen molar-refractivity contribution in [1.82, 2.24) is 0 Å². The molecule has 0 aromatic heterocycles. The number of carbonyl (C=O) groups excluding carboxylic acids is 1. The second-order valence-electron chi connectivity index (χ2n) is 7.44. The molecule has 3 nitrogen and oxygen atoms in total. The SMILES string of the molecule is CC(=O)OCCCCC[N+]1=C(C)C(C)(C)c2c1ccc1ccccc21. The number of unbranched alkanes of at least 4 members (excludes halogenated alkanes) is 2. The Labute approximate surface area is 150 Å². The summed E-state index contributed by atoms with van der Waals surface area (Å²) in [4.78, 5) is 10.8. The van der Waals surface area contributed by atoms with Gasteiger partial charge in [0.2, 0.25) is 5.69 Å². The van der Waals surface area contributed by atoms with Gasteiger partial charge in [-0.3, -0.25) is 4.79 Å². The van der Waals surface area contributed by atoms with Crippen LogP contribution < -0.4 is 0 Å². The minimum atomic E-state index is -0.189. The van der Waals surface area contributed by atoms with Crippen LogP contribution in [0.15, 0.2) is 36.4 Å². The van der Waals surface area contributed by atoms with E-state index in [1.54, 1.807) is 0 Å². The maximum absolute atomic E-state index is 10.8. The summed E-state index contributed by atoms with van der Waals surface area (Å²) in [6.45, 7) is 9.92. The third-order valence-electron chi connectivity index (χ3n) is 5.46. The van der Waals surface area contributed by atoms with Crippen LogP contribution in [-0.2, 0) is 14.9 Å². The third-order valence-corrected chi connectivity index (χ3v) is 5.46. The van der Waals surface area contributed by atoms with Gasteiger partial charge in [-0.25, -0.2) is 0 Å². The summed E-state index contributed by atoms with van der Waals surface area (Å²) in [5, 5.41) is 2.67. The molecule has 1 aliphatic rings. The Hall–Kier alpha value is -2.16. The van der Waals surface area contributed by atoms with Gasteiger partial charge in [-0.05, 0) is 43.5 Å². The van der Waals surface area contributed by atoms with Crippen LogP contribution in [0.2, 0.25) is 0 Å². The fraction of sp³-hybridized carbons (Fsp3) is 0.455. The molecule has 0 unspecified atom stereocenters. The van der Waals surface area contributed by atoms with E-state index in [9.17, 15) is 4.79 Å². The predicted octanol–water partition coefficient (Wildman–Crippen LogP) is 4.97. The van der Waals surface area contributed by atoms with Gasteiger partial charge in [-0.2, -0.15) is 4.58 Å². The van der Waals surface area contributed by atoms with Crippen LogP contribution in [0.4, 0.5) is 5.69 Å². The smallest absolute Gasteiger partial charge is 0.302 e. The van der Waals surface area contributed by atoms with E-state index in [1.165, 1.54) is 34.7 Å². The van der Waals surface area contributed by atoms with Crippen molar-refractivity contribution < 1.29 is 14.1 Å². The fourth-order valence-electron chi connectivity index (χ4n) is 3.89. The highest BCUT2D eigenvalue weighted by Crippen LogP contribution is 2.43. The minimum Gasteiger partial charge on any atom is -0.466 e. The molecule has 132 valence electrons. The van der Waals surface area contributed by atoms with Crippen molar-refractivity contribution in [3.8, 4) is 0 Å². The van der Waals surface area contributed by atoms with Crippen LogP contribution in [0, 0.1) is 0 Å². The number of ether oxygens (including phenoxy) is 1. The van der Waals surface area contributed by atoms with Crippen LogP contribution >= 0.6 is 0 Å². The Kier molecular flexibility index (Phi) is 4.94. The normalized spacial score (nSPS) is 15.5. The maximum atomic E-state index is 10.8. The number of hydrogen-bond donors (Lipinski definition) is 0. The highest BCUT2D eigenvalue weighted by Gasteiger charge is 2.43. The van der Waals surface area contributed by atoms with Gasteiger partial charge in [0.25, 0.3) is 0 Å². The van der Waals surface area contributed by atoms with E-state index in [-0.39, 0.29) is 11.4 Å². The molecule has 0 spiro atoms. The Balaban J connectivity index is 1.79. The molecule has 0 aliphatic carbocycles. The Bertz CT molecular complexity index is 833. The molecule has 0 saturated heterocycles. The van der Waals surface area contributed by atoms with Crippen molar-refractivity contribution in [3.05, 3.63) is 42.0 Å². The van der Waals surface area contributed by atoms with Gasteiger partial charge >= 0.3 is 5.97 Å². The molecule has 2 aromatic rings. The molecule has 0 amide bonds. The van der Waals surface area contributed by atoms with Crippen LogP contribution in [0.3, 0.4) is 0 Å². The number of fused-ring (bicyclic) bond motifs is 3. The van der Waals surface area contributed by atoms with E-state index in [2.05, 4.69) is 61.7 Å². The number of benzene rings is 2. The monoisotopic (exact) mass is 338 g/mol. The zero-order valence-corrected chi connectivity index (χ0v) is 15.8. The van der Waals surface area contributed by atoms with Crippen LogP contribution in [-0.4, -0.2) is 29.4 Å². The second-order valence-corrected chi connectivity index (χ2v) is 7.44. The van der Waals surface area contributed by atoms with Crippen molar-refractivity contribution in [2.45, 2.75) is 52.4 Å². The molecule has 0 bridgehead atoms. The van der Waals surface area contributed by atoms with Gasteiger partial charge in [0, 0.05) is 31.9 Å². The predicted molar refractivity (Wildman–Crippen MR) is 103 cm³/mol. The van der Waals surface area contributed by atoms with Gasteiger partial charge in [0.15, 0.2) is 5.71 Å². The highest BCUT2D eigenvalue weighted by atomic mass is 16.5. The number of rotatable bonds is 6. The van der Waals surface area contributed by atoms with E-state index in [0.29, 0.717) is 6.61 Å². The molecular formula is C22H28NO2+. The van der Waals surface area contributed by atoms with Crippen molar-refractivity contribution in [3.63, 3.8) is 0 Å². The lowest BCUT2D eigenvalue weighted by Gasteiger charge is -2.17. The summed E-state index contributed by atoms with van der Waals surface area (Å²) < 4.78 is 7.49. The van der Waals surface area contributed by atoms with Gasteiger partial charge < -0.3 is 4.74 Å². The number of hydrogen-bond acceptors (Lipinski definition) is 2. The van der Waals surface area contributed by atoms with E-state index in [1.807, 2.05) is 0 Å². The second kappa shape index (κ2) is 6.99. The molecule has 1 aliphatic heterocycles. The summed E-state index contributed by atoms with van der Waals surface area (Å²) in [5.74, 6) is -0.189. The standard InChI is InChI=1S/C22H28NO2/c1-16-22(3,4)21-19-11-7-6-10-18(19)12-13-20(21)23(16)14-8-5-9-15-25-17(2)24/h6-7,10-13H,5,8-9,14-15H2,1-4H3/q+1. The minimum absolute atomic E-state index is 0.0495. The van der Waals surface area contributed by atoms with Crippen molar-refractivity contribution in [1.29, 1.82) is 0 Å². The summed E-state index contributed by atoms with van der Waals surface area (Å²) in [6.07, 6.45) is 3.10. The molecule has 0 N–H and O–H groups in total. The van der Waals surface area contributed by atoms with E-state index in [4.69, 9.17) is 4.74 Å². The van der Waals surface area contributed by atoms with Gasteiger partial charge in [-0.1, -0.05) is 24.3 Å². The zero-order valence-electron chi connectivity index (χ0n) is 15.8. The lowest BCUT2D eigenvalue weighted by molar-refractivity contribution is -0.439. The Morgan fingerprint density at radius 1 is 1.08 bits per heavy atom. The van der Waals surface area contributed by atoms with E-state index in [0.717, 1.165) is 25.8 Å². The zero-order chi connectivity index (χ0) is 18.0. The molecule has 2 aromatic carbocycles. The van der Waals surface area contributed by atoms with E-state index < -0.39 is 0 Å². The number of nitrogens with zero attached hydrogens (tertiary/aromatic N) is 1. The third kappa shape index (κ3) is 3.33. The van der Waals surface area contributed by atoms with Gasteiger partial charge in [0.1, 0.15) is 6.54 Å². The summed E-state index contributed by atoms with van der Waals surface area (Å²) in [7, 11) is 0. The van der Waals surface area contributed by atoms with Crippen LogP contribution in [0.1, 0.15) is 52.5 Å².